The van der Waals surface area contributed by atoms with Crippen molar-refractivity contribution in [2.24, 2.45) is 0 Å². The highest BCUT2D eigenvalue weighted by molar-refractivity contribution is 6.31. The van der Waals surface area contributed by atoms with Crippen LogP contribution >= 0.6 is 11.6 Å². The van der Waals surface area contributed by atoms with E-state index in [0.29, 0.717) is 28.6 Å². The van der Waals surface area contributed by atoms with Crippen molar-refractivity contribution in [3.63, 3.8) is 0 Å². The molecule has 7 heteroatoms. The first-order valence-electron chi connectivity index (χ1n) is 9.80. The van der Waals surface area contributed by atoms with E-state index in [4.69, 9.17) is 21.1 Å². The zero-order valence-electron chi connectivity index (χ0n) is 17.2. The second-order valence-corrected chi connectivity index (χ2v) is 7.38. The second-order valence-electron chi connectivity index (χ2n) is 6.94. The van der Waals surface area contributed by atoms with E-state index in [1.165, 1.54) is 13.2 Å². The molecular formula is C25H19ClN2O4. The van der Waals surface area contributed by atoms with Crippen LogP contribution in [0.25, 0.3) is 10.9 Å². The van der Waals surface area contributed by atoms with Gasteiger partial charge in [-0.1, -0.05) is 35.9 Å². The molecule has 0 aliphatic rings. The van der Waals surface area contributed by atoms with Gasteiger partial charge in [-0.15, -0.1) is 0 Å². The maximum Gasteiger partial charge on any atom is 0.340 e. The molecule has 3 aromatic carbocycles. The summed E-state index contributed by atoms with van der Waals surface area (Å²) in [5.74, 6) is -0.354. The van der Waals surface area contributed by atoms with Crippen LogP contribution in [0.3, 0.4) is 0 Å². The van der Waals surface area contributed by atoms with Crippen molar-refractivity contribution in [3.05, 3.63) is 101 Å². The number of pyridine rings is 1. The van der Waals surface area contributed by atoms with E-state index in [0.717, 1.165) is 16.6 Å². The zero-order valence-corrected chi connectivity index (χ0v) is 17.9. The van der Waals surface area contributed by atoms with Crippen molar-refractivity contribution in [1.82, 2.24) is 4.98 Å². The molecule has 32 heavy (non-hydrogen) atoms. The van der Waals surface area contributed by atoms with Gasteiger partial charge in [0, 0.05) is 16.0 Å². The molecular weight excluding hydrogens is 428 g/mol. The number of methoxy groups -OCH3 is 1. The number of fused-ring (bicyclic) bond motifs is 1. The van der Waals surface area contributed by atoms with Crippen LogP contribution in [0.4, 0.5) is 5.69 Å². The smallest absolute Gasteiger partial charge is 0.340 e. The lowest BCUT2D eigenvalue weighted by Crippen LogP contribution is -2.15. The van der Waals surface area contributed by atoms with E-state index >= 15 is 0 Å². The lowest BCUT2D eigenvalue weighted by Gasteiger charge is -2.11. The van der Waals surface area contributed by atoms with Gasteiger partial charge in [0.05, 0.1) is 29.6 Å². The molecule has 4 rings (SSSR count). The summed E-state index contributed by atoms with van der Waals surface area (Å²) < 4.78 is 10.6. The summed E-state index contributed by atoms with van der Waals surface area (Å²) in [4.78, 5) is 29.2. The number of carbonyl (C=O) groups excluding carboxylic acids is 2. The molecule has 1 amide bonds. The van der Waals surface area contributed by atoms with Gasteiger partial charge in [0.1, 0.15) is 12.4 Å². The Bertz CT molecular complexity index is 1290. The molecule has 0 saturated carbocycles. The van der Waals surface area contributed by atoms with Gasteiger partial charge in [-0.05, 0) is 54.6 Å². The summed E-state index contributed by atoms with van der Waals surface area (Å²) in [5, 5.41) is 4.15. The van der Waals surface area contributed by atoms with Gasteiger partial charge in [-0.25, -0.2) is 9.78 Å². The highest BCUT2D eigenvalue weighted by Crippen LogP contribution is 2.23. The highest BCUT2D eigenvalue weighted by Gasteiger charge is 2.15. The number of nitrogens with zero attached hydrogens (tertiary/aromatic N) is 1. The Kier molecular flexibility index (Phi) is 6.33. The van der Waals surface area contributed by atoms with Crippen molar-refractivity contribution in [2.75, 3.05) is 12.4 Å². The molecule has 0 radical (unpaired) electrons. The molecule has 4 aromatic rings. The summed E-state index contributed by atoms with van der Waals surface area (Å²) in [5.41, 5.74) is 2.62. The number of ether oxygens (including phenoxy) is 2. The second kappa shape index (κ2) is 9.49. The Labute approximate surface area is 189 Å². The molecule has 0 spiro atoms. The predicted molar refractivity (Wildman–Crippen MR) is 123 cm³/mol. The minimum Gasteiger partial charge on any atom is -0.487 e. The van der Waals surface area contributed by atoms with Crippen molar-refractivity contribution in [3.8, 4) is 5.75 Å². The van der Waals surface area contributed by atoms with E-state index < -0.39 is 5.97 Å². The Hall–Kier alpha value is -3.90. The number of carbonyl (C=O) groups is 2. The fraction of sp³-hybridized carbons (Fsp3) is 0.0800. The van der Waals surface area contributed by atoms with Gasteiger partial charge < -0.3 is 14.8 Å². The molecule has 1 heterocycles. The SMILES string of the molecule is COC(=O)c1cc(Cl)ccc1NC(=O)c1ccc(OCc2ccc3ccccc3n2)cc1. The average molecular weight is 447 g/mol. The molecule has 0 saturated heterocycles. The van der Waals surface area contributed by atoms with Crippen LogP contribution in [-0.2, 0) is 11.3 Å². The number of benzene rings is 3. The van der Waals surface area contributed by atoms with E-state index in [9.17, 15) is 9.59 Å². The molecule has 6 nitrogen and oxygen atoms in total. The molecule has 1 N–H and O–H groups in total. The van der Waals surface area contributed by atoms with Crippen LogP contribution in [0.1, 0.15) is 26.4 Å². The number of anilines is 1. The van der Waals surface area contributed by atoms with E-state index in [1.807, 2.05) is 36.4 Å². The normalized spacial score (nSPS) is 10.6. The number of aromatic nitrogens is 1. The Morgan fingerprint density at radius 2 is 1.75 bits per heavy atom. The van der Waals surface area contributed by atoms with Gasteiger partial charge in [-0.2, -0.15) is 0 Å². The monoisotopic (exact) mass is 446 g/mol. The maximum atomic E-state index is 12.6. The van der Waals surface area contributed by atoms with Crippen LogP contribution in [0.5, 0.6) is 5.75 Å². The van der Waals surface area contributed by atoms with E-state index in [2.05, 4.69) is 10.3 Å². The molecule has 0 atom stereocenters. The van der Waals surface area contributed by atoms with Crippen LogP contribution in [-0.4, -0.2) is 24.0 Å². The van der Waals surface area contributed by atoms with E-state index in [1.54, 1.807) is 36.4 Å². The predicted octanol–water partition coefficient (Wildman–Crippen LogP) is 5.51. The molecule has 160 valence electrons. The van der Waals surface area contributed by atoms with Gasteiger partial charge in [0.2, 0.25) is 0 Å². The first kappa shape index (κ1) is 21.3. The lowest BCUT2D eigenvalue weighted by atomic mass is 10.1. The third-order valence-corrected chi connectivity index (χ3v) is 5.03. The Morgan fingerprint density at radius 3 is 2.53 bits per heavy atom. The topological polar surface area (TPSA) is 77.5 Å². The molecule has 0 bridgehead atoms. The minimum absolute atomic E-state index is 0.177. The number of halogens is 1. The van der Waals surface area contributed by atoms with Crippen LogP contribution < -0.4 is 10.1 Å². The maximum absolute atomic E-state index is 12.6. The third-order valence-electron chi connectivity index (χ3n) is 4.79. The average Bonchev–Trinajstić information content (AvgIpc) is 2.83. The largest absolute Gasteiger partial charge is 0.487 e. The van der Waals surface area contributed by atoms with Crippen LogP contribution in [0.15, 0.2) is 78.9 Å². The lowest BCUT2D eigenvalue weighted by molar-refractivity contribution is 0.0602. The number of nitrogens with one attached hydrogen (secondary N) is 1. The van der Waals surface area contributed by atoms with Crippen LogP contribution in [0, 0.1) is 0 Å². The molecule has 0 aliphatic heterocycles. The number of hydrogen-bond donors (Lipinski definition) is 1. The number of rotatable bonds is 6. The first-order valence-corrected chi connectivity index (χ1v) is 10.2. The standard InChI is InChI=1S/C25H19ClN2O4/c1-31-25(30)21-14-18(26)9-13-23(21)28-24(29)17-7-11-20(12-8-17)32-15-19-10-6-16-4-2-3-5-22(16)27-19/h2-14H,15H2,1H3,(H,28,29). The highest BCUT2D eigenvalue weighted by atomic mass is 35.5. The number of amides is 1. The quantitative estimate of drug-likeness (QED) is 0.395. The fourth-order valence-electron chi connectivity index (χ4n) is 3.15. The van der Waals surface area contributed by atoms with Gasteiger partial charge in [0.25, 0.3) is 5.91 Å². The fourth-order valence-corrected chi connectivity index (χ4v) is 3.32. The summed E-state index contributed by atoms with van der Waals surface area (Å²) in [6, 6.07) is 23.1. The van der Waals surface area contributed by atoms with Gasteiger partial charge >= 0.3 is 5.97 Å². The zero-order chi connectivity index (χ0) is 22.5. The van der Waals surface area contributed by atoms with Crippen LogP contribution in [0.2, 0.25) is 5.02 Å². The third kappa shape index (κ3) is 4.87. The minimum atomic E-state index is -0.589. The van der Waals surface area contributed by atoms with Gasteiger partial charge in [-0.3, -0.25) is 4.79 Å². The summed E-state index contributed by atoms with van der Waals surface area (Å²) in [7, 11) is 1.26. The number of para-hydroxylation sites is 1. The molecule has 1 aromatic heterocycles. The summed E-state index contributed by atoms with van der Waals surface area (Å²) >= 11 is 5.95. The first-order chi connectivity index (χ1) is 15.5. The Morgan fingerprint density at radius 1 is 0.969 bits per heavy atom. The van der Waals surface area contributed by atoms with Crippen molar-refractivity contribution in [1.29, 1.82) is 0 Å². The Balaban J connectivity index is 1.42. The van der Waals surface area contributed by atoms with Gasteiger partial charge in [0.15, 0.2) is 0 Å². The molecule has 0 fully saturated rings. The number of hydrogen-bond acceptors (Lipinski definition) is 5. The van der Waals surface area contributed by atoms with E-state index in [-0.39, 0.29) is 11.5 Å². The van der Waals surface area contributed by atoms with Crippen molar-refractivity contribution < 1.29 is 19.1 Å². The van der Waals surface area contributed by atoms with Crippen molar-refractivity contribution >= 4 is 40.1 Å². The van der Waals surface area contributed by atoms with Crippen molar-refractivity contribution in [2.45, 2.75) is 6.61 Å². The molecule has 0 unspecified atom stereocenters. The molecule has 0 aliphatic carbocycles. The summed E-state index contributed by atoms with van der Waals surface area (Å²) in [6.07, 6.45) is 0. The summed E-state index contributed by atoms with van der Waals surface area (Å²) in [6.45, 7) is 0.309. The number of esters is 1.